The summed E-state index contributed by atoms with van der Waals surface area (Å²) in [6.45, 7) is 4.53. The van der Waals surface area contributed by atoms with Gasteiger partial charge in [0, 0.05) is 54.9 Å². The lowest BCUT2D eigenvalue weighted by molar-refractivity contribution is -0.126. The fourth-order valence-corrected chi connectivity index (χ4v) is 5.51. The lowest BCUT2D eigenvalue weighted by atomic mass is 9.95. The zero-order valence-corrected chi connectivity index (χ0v) is 20.9. The van der Waals surface area contributed by atoms with Gasteiger partial charge in [0.25, 0.3) is 5.91 Å². The van der Waals surface area contributed by atoms with Crippen LogP contribution in [0.25, 0.3) is 10.9 Å². The quantitative estimate of drug-likeness (QED) is 0.371. The van der Waals surface area contributed by atoms with Crippen molar-refractivity contribution in [1.29, 1.82) is 0 Å². The van der Waals surface area contributed by atoms with E-state index in [1.54, 1.807) is 11.8 Å². The highest BCUT2D eigenvalue weighted by molar-refractivity contribution is 6.07. The van der Waals surface area contributed by atoms with Crippen molar-refractivity contribution in [2.24, 2.45) is 0 Å². The minimum atomic E-state index is -0.898. The molecule has 1 aromatic heterocycles. The standard InChI is InChI=1S/C31H29N3O3/c1-21(30(35)34-18-15-23-11-5-8-14-28(23)34)37-31(36)29-24-12-6-7-13-26(24)32-27-16-17-33(20-25(27)29)19-22-9-3-2-4-10-22/h2-14,21H,15-20H2,1H3. The summed E-state index contributed by atoms with van der Waals surface area (Å²) in [4.78, 5) is 36.0. The Balaban J connectivity index is 1.29. The second-order valence-electron chi connectivity index (χ2n) is 9.79. The maximum Gasteiger partial charge on any atom is 0.339 e. The first-order chi connectivity index (χ1) is 18.1. The summed E-state index contributed by atoms with van der Waals surface area (Å²) >= 11 is 0. The number of carbonyl (C=O) groups excluding carboxylic acids is 2. The zero-order chi connectivity index (χ0) is 25.4. The summed E-state index contributed by atoms with van der Waals surface area (Å²) < 4.78 is 5.88. The number of esters is 1. The summed E-state index contributed by atoms with van der Waals surface area (Å²) in [6, 6.07) is 25.9. The normalized spacial score (nSPS) is 15.8. The Morgan fingerprint density at radius 3 is 2.54 bits per heavy atom. The van der Waals surface area contributed by atoms with E-state index in [4.69, 9.17) is 9.72 Å². The van der Waals surface area contributed by atoms with E-state index >= 15 is 0 Å². The Morgan fingerprint density at radius 1 is 0.919 bits per heavy atom. The first kappa shape index (κ1) is 23.4. The molecular weight excluding hydrogens is 462 g/mol. The molecule has 1 unspecified atom stereocenters. The van der Waals surface area contributed by atoms with Gasteiger partial charge in [-0.25, -0.2) is 4.79 Å². The van der Waals surface area contributed by atoms with Gasteiger partial charge in [0.05, 0.1) is 11.1 Å². The maximum atomic E-state index is 13.7. The second kappa shape index (κ2) is 9.79. The van der Waals surface area contributed by atoms with Crippen molar-refractivity contribution in [3.05, 3.63) is 107 Å². The average molecular weight is 492 g/mol. The lowest BCUT2D eigenvalue weighted by Gasteiger charge is -2.30. The molecule has 0 saturated carbocycles. The van der Waals surface area contributed by atoms with Crippen LogP contribution in [0.4, 0.5) is 5.69 Å². The molecule has 0 fully saturated rings. The Bertz CT molecular complexity index is 1480. The Kier molecular flexibility index (Phi) is 6.18. The van der Waals surface area contributed by atoms with Crippen LogP contribution in [0.5, 0.6) is 0 Å². The van der Waals surface area contributed by atoms with E-state index in [-0.39, 0.29) is 5.91 Å². The Hall–Kier alpha value is -4.03. The molecule has 37 heavy (non-hydrogen) atoms. The molecular formula is C31H29N3O3. The molecule has 2 aliphatic rings. The average Bonchev–Trinajstić information content (AvgIpc) is 3.36. The smallest absolute Gasteiger partial charge is 0.339 e. The highest BCUT2D eigenvalue weighted by Crippen LogP contribution is 2.31. The van der Waals surface area contributed by atoms with Crippen molar-refractivity contribution in [3.63, 3.8) is 0 Å². The topological polar surface area (TPSA) is 62.7 Å². The van der Waals surface area contributed by atoms with E-state index in [0.29, 0.717) is 18.7 Å². The Labute approximate surface area is 216 Å². The van der Waals surface area contributed by atoms with E-state index in [1.165, 1.54) is 5.56 Å². The van der Waals surface area contributed by atoms with Crippen molar-refractivity contribution < 1.29 is 14.3 Å². The van der Waals surface area contributed by atoms with Gasteiger partial charge in [-0.1, -0.05) is 66.7 Å². The van der Waals surface area contributed by atoms with Crippen molar-refractivity contribution in [3.8, 4) is 0 Å². The first-order valence-electron chi connectivity index (χ1n) is 12.9. The van der Waals surface area contributed by atoms with Crippen LogP contribution in [-0.2, 0) is 35.5 Å². The number of pyridine rings is 1. The zero-order valence-electron chi connectivity index (χ0n) is 20.9. The number of fused-ring (bicyclic) bond motifs is 3. The van der Waals surface area contributed by atoms with Gasteiger partial charge in [-0.15, -0.1) is 0 Å². The number of benzene rings is 3. The van der Waals surface area contributed by atoms with Gasteiger partial charge in [0.15, 0.2) is 6.10 Å². The van der Waals surface area contributed by atoms with E-state index in [0.717, 1.165) is 59.3 Å². The summed E-state index contributed by atoms with van der Waals surface area (Å²) in [7, 11) is 0. The highest BCUT2D eigenvalue weighted by atomic mass is 16.5. The van der Waals surface area contributed by atoms with Crippen LogP contribution in [-0.4, -0.2) is 41.0 Å². The summed E-state index contributed by atoms with van der Waals surface area (Å²) in [5, 5.41) is 0.763. The molecule has 0 aliphatic carbocycles. The summed E-state index contributed by atoms with van der Waals surface area (Å²) in [6.07, 6.45) is 0.666. The molecule has 2 aliphatic heterocycles. The number of hydrogen-bond donors (Lipinski definition) is 0. The lowest BCUT2D eigenvalue weighted by Crippen LogP contribution is -2.39. The molecule has 0 spiro atoms. The molecule has 3 heterocycles. The third-order valence-electron chi connectivity index (χ3n) is 7.36. The van der Waals surface area contributed by atoms with Gasteiger partial charge in [-0.3, -0.25) is 14.7 Å². The molecule has 1 amide bonds. The minimum absolute atomic E-state index is 0.198. The van der Waals surface area contributed by atoms with Gasteiger partial charge in [-0.2, -0.15) is 0 Å². The molecule has 1 atom stereocenters. The fraction of sp³-hybridized carbons (Fsp3) is 0.258. The monoisotopic (exact) mass is 491 g/mol. The largest absolute Gasteiger partial charge is 0.449 e. The van der Waals surface area contributed by atoms with Gasteiger partial charge < -0.3 is 9.64 Å². The van der Waals surface area contributed by atoms with Crippen molar-refractivity contribution in [1.82, 2.24) is 9.88 Å². The molecule has 3 aromatic carbocycles. The third kappa shape index (κ3) is 4.49. The Morgan fingerprint density at radius 2 is 1.68 bits per heavy atom. The number of aromatic nitrogens is 1. The number of ether oxygens (including phenoxy) is 1. The molecule has 4 aromatic rings. The van der Waals surface area contributed by atoms with Crippen molar-refractivity contribution >= 4 is 28.5 Å². The van der Waals surface area contributed by atoms with E-state index < -0.39 is 12.1 Å². The van der Waals surface area contributed by atoms with E-state index in [9.17, 15) is 9.59 Å². The molecule has 6 rings (SSSR count). The molecule has 6 heteroatoms. The predicted molar refractivity (Wildman–Crippen MR) is 143 cm³/mol. The summed E-state index contributed by atoms with van der Waals surface area (Å²) in [5.41, 5.74) is 6.41. The van der Waals surface area contributed by atoms with Crippen LogP contribution in [0.15, 0.2) is 78.9 Å². The van der Waals surface area contributed by atoms with Crippen LogP contribution >= 0.6 is 0 Å². The maximum absolute atomic E-state index is 13.7. The van der Waals surface area contributed by atoms with E-state index in [2.05, 4.69) is 17.0 Å². The third-order valence-corrected chi connectivity index (χ3v) is 7.36. The summed E-state index contributed by atoms with van der Waals surface area (Å²) in [5.74, 6) is -0.666. The number of nitrogens with zero attached hydrogens (tertiary/aromatic N) is 3. The van der Waals surface area contributed by atoms with Gasteiger partial charge >= 0.3 is 5.97 Å². The number of rotatable bonds is 5. The molecule has 186 valence electrons. The second-order valence-corrected chi connectivity index (χ2v) is 9.79. The molecule has 0 N–H and O–H groups in total. The van der Waals surface area contributed by atoms with Crippen LogP contribution < -0.4 is 4.90 Å². The number of para-hydroxylation sites is 2. The molecule has 0 radical (unpaired) electrons. The van der Waals surface area contributed by atoms with Gasteiger partial charge in [0.1, 0.15) is 0 Å². The molecule has 0 saturated heterocycles. The fourth-order valence-electron chi connectivity index (χ4n) is 5.51. The number of carbonyl (C=O) groups is 2. The van der Waals surface area contributed by atoms with Crippen molar-refractivity contribution in [2.45, 2.75) is 39.0 Å². The van der Waals surface area contributed by atoms with Gasteiger partial charge in [-0.05, 0) is 36.6 Å². The molecule has 6 nitrogen and oxygen atoms in total. The van der Waals surface area contributed by atoms with E-state index in [1.807, 2.05) is 66.7 Å². The van der Waals surface area contributed by atoms with Crippen LogP contribution in [0, 0.1) is 0 Å². The van der Waals surface area contributed by atoms with Crippen LogP contribution in [0.2, 0.25) is 0 Å². The number of amides is 1. The SMILES string of the molecule is CC(OC(=O)c1c2c(nc3ccccc13)CCN(Cc1ccccc1)C2)C(=O)N1CCc2ccccc21. The number of hydrogen-bond acceptors (Lipinski definition) is 5. The highest BCUT2D eigenvalue weighted by Gasteiger charge is 2.32. The van der Waals surface area contributed by atoms with Crippen LogP contribution in [0.3, 0.4) is 0 Å². The first-order valence-corrected chi connectivity index (χ1v) is 12.9. The van der Waals surface area contributed by atoms with Gasteiger partial charge in [0.2, 0.25) is 0 Å². The van der Waals surface area contributed by atoms with Crippen LogP contribution in [0.1, 0.15) is 39.7 Å². The van der Waals surface area contributed by atoms with Crippen molar-refractivity contribution in [2.75, 3.05) is 18.0 Å². The minimum Gasteiger partial charge on any atom is -0.449 e. The molecule has 0 bridgehead atoms. The predicted octanol–water partition coefficient (Wildman–Crippen LogP) is 4.93. The number of anilines is 1.